The molecule has 0 aliphatic rings. The van der Waals surface area contributed by atoms with Crippen molar-refractivity contribution in [3.05, 3.63) is 76.4 Å². The molecule has 0 fully saturated rings. The molecule has 0 saturated carbocycles. The van der Waals surface area contributed by atoms with Gasteiger partial charge in [0.15, 0.2) is 0 Å². The number of aldehydes is 1. The Balaban J connectivity index is 1.94. The van der Waals surface area contributed by atoms with Gasteiger partial charge in [0, 0.05) is 34.6 Å². The molecule has 4 heteroatoms. The predicted molar refractivity (Wildman–Crippen MR) is 91.5 cm³/mol. The third-order valence-electron chi connectivity index (χ3n) is 3.59. The molecule has 1 unspecified atom stereocenters. The molecule has 0 bridgehead atoms. The van der Waals surface area contributed by atoms with E-state index in [9.17, 15) is 4.79 Å². The van der Waals surface area contributed by atoms with Gasteiger partial charge in [-0.05, 0) is 52.4 Å². The maximum absolute atomic E-state index is 11.1. The van der Waals surface area contributed by atoms with Crippen LogP contribution in [0.4, 0.5) is 0 Å². The van der Waals surface area contributed by atoms with E-state index in [1.165, 1.54) is 4.88 Å². The summed E-state index contributed by atoms with van der Waals surface area (Å²) in [7, 11) is 0. The van der Waals surface area contributed by atoms with E-state index in [-0.39, 0.29) is 5.92 Å². The highest BCUT2D eigenvalue weighted by molar-refractivity contribution is 7.13. The lowest BCUT2D eigenvalue weighted by Crippen LogP contribution is -2.00. The molecule has 0 saturated heterocycles. The number of hydrogen-bond acceptors (Lipinski definition) is 3. The number of carbonyl (C=O) groups excluding carboxylic acids is 1. The fraction of sp³-hybridized carbons (Fsp3) is 0.111. The number of aromatic nitrogens is 1. The number of benzene rings is 1. The Morgan fingerprint density at radius 3 is 2.50 bits per heavy atom. The van der Waals surface area contributed by atoms with Crippen LogP contribution in [0.25, 0.3) is 10.4 Å². The SMILES string of the molecule is O=CCC(c1ccc(Cl)cc1)c1csc(-c2ccncc2)c1. The summed E-state index contributed by atoms with van der Waals surface area (Å²) in [4.78, 5) is 16.3. The normalized spacial score (nSPS) is 12.0. The summed E-state index contributed by atoms with van der Waals surface area (Å²) in [5, 5.41) is 2.83. The quantitative estimate of drug-likeness (QED) is 0.604. The molecule has 3 rings (SSSR count). The van der Waals surface area contributed by atoms with Gasteiger partial charge in [-0.25, -0.2) is 0 Å². The van der Waals surface area contributed by atoms with Crippen LogP contribution in [-0.2, 0) is 4.79 Å². The van der Waals surface area contributed by atoms with E-state index < -0.39 is 0 Å². The van der Waals surface area contributed by atoms with Crippen molar-refractivity contribution in [2.45, 2.75) is 12.3 Å². The van der Waals surface area contributed by atoms with E-state index in [1.807, 2.05) is 36.4 Å². The molecule has 110 valence electrons. The van der Waals surface area contributed by atoms with Gasteiger partial charge >= 0.3 is 0 Å². The Bertz CT molecular complexity index is 752. The van der Waals surface area contributed by atoms with E-state index in [2.05, 4.69) is 16.4 Å². The Labute approximate surface area is 138 Å². The number of pyridine rings is 1. The van der Waals surface area contributed by atoms with E-state index >= 15 is 0 Å². The number of halogens is 1. The highest BCUT2D eigenvalue weighted by atomic mass is 35.5. The molecule has 22 heavy (non-hydrogen) atoms. The first-order valence-corrected chi connectivity index (χ1v) is 8.21. The van der Waals surface area contributed by atoms with Crippen molar-refractivity contribution >= 4 is 29.2 Å². The van der Waals surface area contributed by atoms with Crippen molar-refractivity contribution in [3.8, 4) is 10.4 Å². The second-order valence-electron chi connectivity index (χ2n) is 4.99. The molecule has 2 aromatic heterocycles. The average Bonchev–Trinajstić information content (AvgIpc) is 3.04. The smallest absolute Gasteiger partial charge is 0.120 e. The standard InChI is InChI=1S/C18H14ClNOS/c19-16-3-1-13(2-4-16)17(7-10-21)15-11-18(22-12-15)14-5-8-20-9-6-14/h1-6,8-12,17H,7H2. The lowest BCUT2D eigenvalue weighted by atomic mass is 9.90. The summed E-state index contributed by atoms with van der Waals surface area (Å²) >= 11 is 7.64. The van der Waals surface area contributed by atoms with Gasteiger partial charge in [0.2, 0.25) is 0 Å². The monoisotopic (exact) mass is 327 g/mol. The summed E-state index contributed by atoms with van der Waals surface area (Å²) in [6.07, 6.45) is 5.02. The second-order valence-corrected chi connectivity index (χ2v) is 6.33. The molecule has 0 radical (unpaired) electrons. The van der Waals surface area contributed by atoms with Gasteiger partial charge in [0.05, 0.1) is 0 Å². The van der Waals surface area contributed by atoms with E-state index in [0.29, 0.717) is 11.4 Å². The third kappa shape index (κ3) is 3.26. The van der Waals surface area contributed by atoms with Crippen LogP contribution in [-0.4, -0.2) is 11.3 Å². The van der Waals surface area contributed by atoms with Crippen molar-refractivity contribution in [1.82, 2.24) is 4.98 Å². The zero-order chi connectivity index (χ0) is 15.4. The number of hydrogen-bond donors (Lipinski definition) is 0. The van der Waals surface area contributed by atoms with Crippen molar-refractivity contribution in [3.63, 3.8) is 0 Å². The van der Waals surface area contributed by atoms with Gasteiger partial charge < -0.3 is 4.79 Å². The average molecular weight is 328 g/mol. The van der Waals surface area contributed by atoms with Crippen LogP contribution >= 0.6 is 22.9 Å². The highest BCUT2D eigenvalue weighted by Crippen LogP contribution is 2.35. The maximum atomic E-state index is 11.1. The molecule has 2 nitrogen and oxygen atoms in total. The number of carbonyl (C=O) groups is 1. The van der Waals surface area contributed by atoms with Crippen LogP contribution < -0.4 is 0 Å². The Hall–Kier alpha value is -1.97. The van der Waals surface area contributed by atoms with E-state index in [0.717, 1.165) is 23.0 Å². The van der Waals surface area contributed by atoms with Gasteiger partial charge in [0.25, 0.3) is 0 Å². The van der Waals surface area contributed by atoms with Crippen LogP contribution in [0.5, 0.6) is 0 Å². The summed E-state index contributed by atoms with van der Waals surface area (Å²) in [6, 6.07) is 13.8. The van der Waals surface area contributed by atoms with E-state index in [4.69, 9.17) is 11.6 Å². The number of rotatable bonds is 5. The molecule has 3 aromatic rings. The topological polar surface area (TPSA) is 30.0 Å². The van der Waals surface area contributed by atoms with Crippen molar-refractivity contribution in [2.24, 2.45) is 0 Å². The lowest BCUT2D eigenvalue weighted by Gasteiger charge is -2.13. The first-order valence-electron chi connectivity index (χ1n) is 6.96. The Morgan fingerprint density at radius 1 is 1.09 bits per heavy atom. The van der Waals surface area contributed by atoms with Gasteiger partial charge in [-0.15, -0.1) is 11.3 Å². The molecule has 1 atom stereocenters. The van der Waals surface area contributed by atoms with Crippen LogP contribution in [0.1, 0.15) is 23.5 Å². The Kier molecular flexibility index (Phi) is 4.66. The Morgan fingerprint density at radius 2 is 1.82 bits per heavy atom. The lowest BCUT2D eigenvalue weighted by molar-refractivity contribution is -0.108. The molecular weight excluding hydrogens is 314 g/mol. The molecule has 2 heterocycles. The molecule has 0 spiro atoms. The fourth-order valence-electron chi connectivity index (χ4n) is 2.46. The summed E-state index contributed by atoms with van der Waals surface area (Å²) in [6.45, 7) is 0. The van der Waals surface area contributed by atoms with Crippen molar-refractivity contribution in [2.75, 3.05) is 0 Å². The van der Waals surface area contributed by atoms with Gasteiger partial charge in [-0.1, -0.05) is 23.7 Å². The third-order valence-corrected chi connectivity index (χ3v) is 4.84. The first-order chi connectivity index (χ1) is 10.8. The van der Waals surface area contributed by atoms with Crippen LogP contribution in [0.2, 0.25) is 5.02 Å². The van der Waals surface area contributed by atoms with Crippen molar-refractivity contribution < 1.29 is 4.79 Å². The molecular formula is C18H14ClNOS. The van der Waals surface area contributed by atoms with Gasteiger partial charge in [0.1, 0.15) is 6.29 Å². The predicted octanol–water partition coefficient (Wildman–Crippen LogP) is 5.18. The molecule has 0 aliphatic carbocycles. The largest absolute Gasteiger partial charge is 0.303 e. The summed E-state index contributed by atoms with van der Waals surface area (Å²) < 4.78 is 0. The molecule has 0 amide bonds. The second kappa shape index (κ2) is 6.86. The zero-order valence-corrected chi connectivity index (χ0v) is 13.3. The minimum Gasteiger partial charge on any atom is -0.303 e. The van der Waals surface area contributed by atoms with Crippen LogP contribution in [0.15, 0.2) is 60.2 Å². The number of nitrogens with zero attached hydrogens (tertiary/aromatic N) is 1. The van der Waals surface area contributed by atoms with Gasteiger partial charge in [-0.2, -0.15) is 0 Å². The maximum Gasteiger partial charge on any atom is 0.120 e. The fourth-order valence-corrected chi connectivity index (χ4v) is 3.55. The summed E-state index contributed by atoms with van der Waals surface area (Å²) in [5.41, 5.74) is 3.41. The van der Waals surface area contributed by atoms with Crippen LogP contribution in [0, 0.1) is 0 Å². The molecule has 0 N–H and O–H groups in total. The van der Waals surface area contributed by atoms with Gasteiger partial charge in [-0.3, -0.25) is 4.98 Å². The van der Waals surface area contributed by atoms with Crippen LogP contribution in [0.3, 0.4) is 0 Å². The van der Waals surface area contributed by atoms with E-state index in [1.54, 1.807) is 23.7 Å². The highest BCUT2D eigenvalue weighted by Gasteiger charge is 2.16. The van der Waals surface area contributed by atoms with Crippen molar-refractivity contribution in [1.29, 1.82) is 0 Å². The minimum atomic E-state index is 0.0709. The zero-order valence-electron chi connectivity index (χ0n) is 11.8. The minimum absolute atomic E-state index is 0.0709. The number of thiophene rings is 1. The molecule has 1 aromatic carbocycles. The first kappa shape index (κ1) is 14.9. The molecule has 0 aliphatic heterocycles. The summed E-state index contributed by atoms with van der Waals surface area (Å²) in [5.74, 6) is 0.0709.